The van der Waals surface area contributed by atoms with Crippen LogP contribution < -0.4 is 5.32 Å². The van der Waals surface area contributed by atoms with Crippen LogP contribution in [0.4, 0.5) is 5.69 Å². The normalized spacial score (nSPS) is 11.6. The highest BCUT2D eigenvalue weighted by molar-refractivity contribution is 5.99. The summed E-state index contributed by atoms with van der Waals surface area (Å²) in [5.74, 6) is -1.23. The number of imidazole rings is 1. The van der Waals surface area contributed by atoms with Crippen LogP contribution in [0.25, 0.3) is 0 Å². The van der Waals surface area contributed by atoms with Crippen LogP contribution in [0.2, 0.25) is 0 Å². The van der Waals surface area contributed by atoms with Gasteiger partial charge in [-0.3, -0.25) is 14.9 Å². The van der Waals surface area contributed by atoms with Gasteiger partial charge in [0, 0.05) is 42.7 Å². The van der Waals surface area contributed by atoms with E-state index in [1.54, 1.807) is 37.1 Å². The molecule has 1 heterocycles. The molecule has 0 saturated carbocycles. The van der Waals surface area contributed by atoms with Crippen molar-refractivity contribution in [1.29, 1.82) is 0 Å². The number of esters is 1. The first-order valence-electron chi connectivity index (χ1n) is 7.64. The summed E-state index contributed by atoms with van der Waals surface area (Å²) < 4.78 is 6.64. The number of aromatic nitrogens is 2. The quantitative estimate of drug-likeness (QED) is 0.464. The molecule has 0 unspecified atom stereocenters. The van der Waals surface area contributed by atoms with Gasteiger partial charge in [-0.15, -0.1) is 0 Å². The van der Waals surface area contributed by atoms with Crippen LogP contribution in [-0.2, 0) is 11.3 Å². The van der Waals surface area contributed by atoms with Crippen molar-refractivity contribution in [1.82, 2.24) is 14.9 Å². The third kappa shape index (κ3) is 4.87. The largest absolute Gasteiger partial charge is 0.462 e. The maximum atomic E-state index is 12.4. The van der Waals surface area contributed by atoms with E-state index in [4.69, 9.17) is 4.74 Å². The first-order chi connectivity index (χ1) is 11.9. The topological polar surface area (TPSA) is 116 Å². The Bertz CT molecular complexity index is 773. The smallest absolute Gasteiger partial charge is 0.338 e. The molecule has 9 heteroatoms. The van der Waals surface area contributed by atoms with Crippen LogP contribution in [-0.4, -0.2) is 39.0 Å². The molecule has 1 amide bonds. The molecule has 0 fully saturated rings. The summed E-state index contributed by atoms with van der Waals surface area (Å²) in [5.41, 5.74) is -0.365. The Morgan fingerprint density at radius 2 is 2.08 bits per heavy atom. The van der Waals surface area contributed by atoms with E-state index in [0.717, 1.165) is 12.1 Å². The molecule has 9 nitrogen and oxygen atoms in total. The number of ether oxygens (including phenoxy) is 1. The zero-order chi connectivity index (χ0) is 18.4. The van der Waals surface area contributed by atoms with Crippen molar-refractivity contribution in [3.63, 3.8) is 0 Å². The van der Waals surface area contributed by atoms with Gasteiger partial charge in [0.2, 0.25) is 0 Å². The summed E-state index contributed by atoms with van der Waals surface area (Å²) in [6, 6.07) is 3.25. The van der Waals surface area contributed by atoms with E-state index in [9.17, 15) is 19.7 Å². The number of nitro groups is 1. The Morgan fingerprint density at radius 3 is 2.68 bits per heavy atom. The van der Waals surface area contributed by atoms with Gasteiger partial charge in [0.25, 0.3) is 11.6 Å². The third-order valence-electron chi connectivity index (χ3n) is 3.32. The number of amides is 1. The van der Waals surface area contributed by atoms with E-state index in [0.29, 0.717) is 6.54 Å². The molecule has 1 aromatic heterocycles. The Morgan fingerprint density at radius 1 is 1.36 bits per heavy atom. The highest BCUT2D eigenvalue weighted by Gasteiger charge is 2.19. The van der Waals surface area contributed by atoms with Crippen LogP contribution in [0.5, 0.6) is 0 Å². The van der Waals surface area contributed by atoms with Crippen LogP contribution in [0.15, 0.2) is 36.9 Å². The lowest BCUT2D eigenvalue weighted by atomic mass is 10.1. The van der Waals surface area contributed by atoms with Crippen molar-refractivity contribution in [2.75, 3.05) is 6.61 Å². The number of hydrogen-bond donors (Lipinski definition) is 1. The number of benzene rings is 1. The van der Waals surface area contributed by atoms with Crippen LogP contribution in [0, 0.1) is 10.1 Å². The highest BCUT2D eigenvalue weighted by atomic mass is 16.6. The first-order valence-corrected chi connectivity index (χ1v) is 7.64. The summed E-state index contributed by atoms with van der Waals surface area (Å²) in [7, 11) is 0. The van der Waals surface area contributed by atoms with Gasteiger partial charge in [-0.05, 0) is 19.9 Å². The monoisotopic (exact) mass is 346 g/mol. The molecule has 0 aliphatic rings. The summed E-state index contributed by atoms with van der Waals surface area (Å²) >= 11 is 0. The van der Waals surface area contributed by atoms with Gasteiger partial charge in [-0.25, -0.2) is 9.78 Å². The molecule has 0 spiro atoms. The number of rotatable bonds is 7. The van der Waals surface area contributed by atoms with Crippen LogP contribution >= 0.6 is 0 Å². The minimum Gasteiger partial charge on any atom is -0.462 e. The fourth-order valence-electron chi connectivity index (χ4n) is 2.24. The Labute approximate surface area is 143 Å². The predicted octanol–water partition coefficient (Wildman–Crippen LogP) is 1.79. The van der Waals surface area contributed by atoms with Gasteiger partial charge >= 0.3 is 5.97 Å². The van der Waals surface area contributed by atoms with Crippen molar-refractivity contribution >= 4 is 17.6 Å². The number of carbonyl (C=O) groups is 2. The molecule has 1 N–H and O–H groups in total. The SMILES string of the molecule is CCOC(=O)c1cc(C(=O)N[C@@H](C)Cn2ccnc2)cc([N+](=O)[O-])c1. The zero-order valence-electron chi connectivity index (χ0n) is 13.8. The summed E-state index contributed by atoms with van der Waals surface area (Å²) in [5, 5.41) is 13.8. The van der Waals surface area contributed by atoms with Gasteiger partial charge in [0.05, 0.1) is 23.4 Å². The second-order valence-electron chi connectivity index (χ2n) is 5.38. The van der Waals surface area contributed by atoms with Crippen LogP contribution in [0.1, 0.15) is 34.6 Å². The molecule has 132 valence electrons. The minimum absolute atomic E-state index is 0.0229. The summed E-state index contributed by atoms with van der Waals surface area (Å²) in [6.45, 7) is 4.04. The van der Waals surface area contributed by atoms with Crippen LogP contribution in [0.3, 0.4) is 0 Å². The maximum Gasteiger partial charge on any atom is 0.338 e. The average Bonchev–Trinajstić information content (AvgIpc) is 3.07. The lowest BCUT2D eigenvalue weighted by Gasteiger charge is -2.14. The number of nitrogens with one attached hydrogen (secondary N) is 1. The fourth-order valence-corrected chi connectivity index (χ4v) is 2.24. The van der Waals surface area contributed by atoms with Gasteiger partial charge in [-0.2, -0.15) is 0 Å². The third-order valence-corrected chi connectivity index (χ3v) is 3.32. The Balaban J connectivity index is 2.19. The average molecular weight is 346 g/mol. The molecule has 2 rings (SSSR count). The fraction of sp³-hybridized carbons (Fsp3) is 0.312. The van der Waals surface area contributed by atoms with Crippen molar-refractivity contribution in [3.05, 3.63) is 58.2 Å². The molecule has 0 aliphatic carbocycles. The molecule has 1 atom stereocenters. The maximum absolute atomic E-state index is 12.4. The molecule has 0 bridgehead atoms. The summed E-state index contributed by atoms with van der Waals surface area (Å²) in [4.78, 5) is 38.5. The molecule has 1 aromatic carbocycles. The molecular formula is C16H18N4O5. The number of nitro benzene ring substituents is 1. The predicted molar refractivity (Wildman–Crippen MR) is 88.2 cm³/mol. The van der Waals surface area contributed by atoms with Gasteiger partial charge in [0.15, 0.2) is 0 Å². The molecule has 0 saturated heterocycles. The van der Waals surface area contributed by atoms with Crippen molar-refractivity contribution in [2.45, 2.75) is 26.4 Å². The van der Waals surface area contributed by atoms with E-state index in [1.807, 2.05) is 0 Å². The number of nitrogens with zero attached hydrogens (tertiary/aromatic N) is 3. The second-order valence-corrected chi connectivity index (χ2v) is 5.38. The zero-order valence-corrected chi connectivity index (χ0v) is 13.8. The van der Waals surface area contributed by atoms with E-state index in [2.05, 4.69) is 10.3 Å². The Hall–Kier alpha value is -3.23. The number of hydrogen-bond acceptors (Lipinski definition) is 6. The lowest BCUT2D eigenvalue weighted by molar-refractivity contribution is -0.384. The molecule has 25 heavy (non-hydrogen) atoms. The lowest BCUT2D eigenvalue weighted by Crippen LogP contribution is -2.35. The number of non-ortho nitro benzene ring substituents is 1. The van der Waals surface area contributed by atoms with Gasteiger partial charge < -0.3 is 14.6 Å². The molecule has 2 aromatic rings. The summed E-state index contributed by atoms with van der Waals surface area (Å²) in [6.07, 6.45) is 5.00. The minimum atomic E-state index is -0.716. The van der Waals surface area contributed by atoms with E-state index in [-0.39, 0.29) is 29.5 Å². The van der Waals surface area contributed by atoms with Crippen molar-refractivity contribution in [3.8, 4) is 0 Å². The van der Waals surface area contributed by atoms with E-state index >= 15 is 0 Å². The number of carbonyl (C=O) groups excluding carboxylic acids is 2. The molecule has 0 aliphatic heterocycles. The second kappa shape index (κ2) is 8.04. The highest BCUT2D eigenvalue weighted by Crippen LogP contribution is 2.18. The molecule has 0 radical (unpaired) electrons. The first kappa shape index (κ1) is 18.1. The van der Waals surface area contributed by atoms with E-state index < -0.39 is 16.8 Å². The van der Waals surface area contributed by atoms with Crippen molar-refractivity contribution in [2.24, 2.45) is 0 Å². The van der Waals surface area contributed by atoms with Crippen molar-refractivity contribution < 1.29 is 19.2 Å². The Kier molecular flexibility index (Phi) is 5.83. The van der Waals surface area contributed by atoms with E-state index in [1.165, 1.54) is 6.07 Å². The van der Waals surface area contributed by atoms with Gasteiger partial charge in [-0.1, -0.05) is 0 Å². The standard InChI is InChI=1S/C16H18N4O5/c1-3-25-16(22)13-6-12(7-14(8-13)20(23)24)15(21)18-11(2)9-19-5-4-17-10-19/h4-8,10-11H,3,9H2,1-2H3,(H,18,21)/t11-/m0/s1. The molecular weight excluding hydrogens is 328 g/mol. The van der Waals surface area contributed by atoms with Gasteiger partial charge in [0.1, 0.15) is 0 Å².